The molecule has 1 aromatic carbocycles. The molecule has 2 aromatic rings. The highest BCUT2D eigenvalue weighted by molar-refractivity contribution is 9.10. The number of nitrogens with one attached hydrogen (secondary N) is 1. The van der Waals surface area contributed by atoms with Gasteiger partial charge in [-0.25, -0.2) is 5.43 Å². The van der Waals surface area contributed by atoms with Crippen molar-refractivity contribution in [3.8, 4) is 0 Å². The normalized spacial score (nSPS) is 12.7. The molecule has 0 amide bonds. The van der Waals surface area contributed by atoms with Crippen molar-refractivity contribution in [2.75, 3.05) is 0 Å². The van der Waals surface area contributed by atoms with E-state index < -0.39 is 0 Å². The fourth-order valence-corrected chi connectivity index (χ4v) is 2.38. The molecule has 1 aromatic heterocycles. The predicted molar refractivity (Wildman–Crippen MR) is 66.8 cm³/mol. The Hall–Kier alpha value is -1.10. The lowest BCUT2D eigenvalue weighted by molar-refractivity contribution is 0.553. The Labute approximate surface area is 103 Å². The summed E-state index contributed by atoms with van der Waals surface area (Å²) in [6.07, 6.45) is 3.34. The monoisotopic (exact) mass is 280 g/mol. The Bertz CT molecular complexity index is 448. The van der Waals surface area contributed by atoms with Crippen molar-refractivity contribution < 1.29 is 4.42 Å². The van der Waals surface area contributed by atoms with Crippen LogP contribution in [0.15, 0.2) is 45.7 Å². The third-order valence-electron chi connectivity index (χ3n) is 2.44. The Morgan fingerprint density at radius 3 is 2.69 bits per heavy atom. The van der Waals surface area contributed by atoms with Crippen LogP contribution in [0.4, 0.5) is 0 Å². The van der Waals surface area contributed by atoms with Crippen LogP contribution < -0.4 is 11.3 Å². The largest absolute Gasteiger partial charge is 0.472 e. The van der Waals surface area contributed by atoms with E-state index in [1.54, 1.807) is 12.5 Å². The van der Waals surface area contributed by atoms with Crippen LogP contribution in [0.25, 0.3) is 0 Å². The van der Waals surface area contributed by atoms with Gasteiger partial charge in [0.2, 0.25) is 0 Å². The average Bonchev–Trinajstić information content (AvgIpc) is 2.70. The number of furan rings is 1. The van der Waals surface area contributed by atoms with Crippen LogP contribution >= 0.6 is 15.9 Å². The molecule has 0 fully saturated rings. The number of benzene rings is 1. The van der Waals surface area contributed by atoms with E-state index in [2.05, 4.69) is 40.4 Å². The van der Waals surface area contributed by atoms with Crippen molar-refractivity contribution in [1.82, 2.24) is 5.43 Å². The zero-order chi connectivity index (χ0) is 11.5. The molecule has 0 spiro atoms. The van der Waals surface area contributed by atoms with Gasteiger partial charge in [-0.1, -0.05) is 22.0 Å². The number of nitrogens with two attached hydrogens (primary N) is 1. The zero-order valence-electron chi connectivity index (χ0n) is 8.91. The van der Waals surface area contributed by atoms with Gasteiger partial charge in [0.25, 0.3) is 0 Å². The summed E-state index contributed by atoms with van der Waals surface area (Å²) in [6.45, 7) is 2.05. The van der Waals surface area contributed by atoms with Crippen LogP contribution in [0.5, 0.6) is 0 Å². The zero-order valence-corrected chi connectivity index (χ0v) is 10.5. The smallest absolute Gasteiger partial charge is 0.0954 e. The second-order valence-electron chi connectivity index (χ2n) is 3.72. The van der Waals surface area contributed by atoms with E-state index in [0.29, 0.717) is 0 Å². The van der Waals surface area contributed by atoms with E-state index in [1.165, 1.54) is 5.56 Å². The van der Waals surface area contributed by atoms with Gasteiger partial charge in [0.15, 0.2) is 0 Å². The fraction of sp³-hybridized carbons (Fsp3) is 0.167. The number of halogens is 1. The summed E-state index contributed by atoms with van der Waals surface area (Å²) < 4.78 is 6.12. The molecule has 1 atom stereocenters. The van der Waals surface area contributed by atoms with Gasteiger partial charge in [-0.05, 0) is 36.2 Å². The molecule has 16 heavy (non-hydrogen) atoms. The minimum absolute atomic E-state index is 0.0463. The second kappa shape index (κ2) is 4.82. The summed E-state index contributed by atoms with van der Waals surface area (Å²) in [4.78, 5) is 0. The Balaban J connectivity index is 2.41. The predicted octanol–water partition coefficient (Wildman–Crippen LogP) is 2.90. The number of hydrogen-bond acceptors (Lipinski definition) is 3. The lowest BCUT2D eigenvalue weighted by Gasteiger charge is -2.15. The van der Waals surface area contributed by atoms with Crippen molar-refractivity contribution >= 4 is 15.9 Å². The van der Waals surface area contributed by atoms with Crippen LogP contribution in [-0.4, -0.2) is 0 Å². The molecule has 3 nitrogen and oxygen atoms in total. The van der Waals surface area contributed by atoms with Crippen molar-refractivity contribution in [3.63, 3.8) is 0 Å². The van der Waals surface area contributed by atoms with Crippen LogP contribution in [0.1, 0.15) is 22.7 Å². The highest BCUT2D eigenvalue weighted by Crippen LogP contribution is 2.25. The van der Waals surface area contributed by atoms with E-state index in [4.69, 9.17) is 10.3 Å². The van der Waals surface area contributed by atoms with Gasteiger partial charge in [0.1, 0.15) is 0 Å². The molecule has 0 aliphatic heterocycles. The summed E-state index contributed by atoms with van der Waals surface area (Å²) in [5.41, 5.74) is 6.10. The third kappa shape index (κ3) is 2.35. The molecule has 3 N–H and O–H groups in total. The number of hydrogen-bond donors (Lipinski definition) is 2. The van der Waals surface area contributed by atoms with E-state index >= 15 is 0 Å². The first-order valence-electron chi connectivity index (χ1n) is 4.96. The molecule has 0 aliphatic rings. The molecular formula is C12H13BrN2O. The highest BCUT2D eigenvalue weighted by Gasteiger charge is 2.14. The molecule has 4 heteroatoms. The Morgan fingerprint density at radius 2 is 2.12 bits per heavy atom. The maximum Gasteiger partial charge on any atom is 0.0954 e. The van der Waals surface area contributed by atoms with Gasteiger partial charge in [-0.2, -0.15) is 0 Å². The first-order chi connectivity index (χ1) is 7.70. The van der Waals surface area contributed by atoms with Crippen LogP contribution in [-0.2, 0) is 0 Å². The molecule has 0 saturated heterocycles. The molecule has 2 rings (SSSR count). The average molecular weight is 281 g/mol. The van der Waals surface area contributed by atoms with Gasteiger partial charge in [-0.3, -0.25) is 5.84 Å². The molecule has 1 heterocycles. The number of aryl methyl sites for hydroxylation is 1. The van der Waals surface area contributed by atoms with Gasteiger partial charge < -0.3 is 4.42 Å². The Morgan fingerprint density at radius 1 is 1.31 bits per heavy atom. The molecule has 0 saturated carbocycles. The topological polar surface area (TPSA) is 51.2 Å². The summed E-state index contributed by atoms with van der Waals surface area (Å²) >= 11 is 3.48. The summed E-state index contributed by atoms with van der Waals surface area (Å²) in [6, 6.07) is 8.06. The van der Waals surface area contributed by atoms with Crippen molar-refractivity contribution in [3.05, 3.63) is 58.0 Å². The van der Waals surface area contributed by atoms with Gasteiger partial charge >= 0.3 is 0 Å². The van der Waals surface area contributed by atoms with E-state index in [1.807, 2.05) is 12.1 Å². The van der Waals surface area contributed by atoms with Gasteiger partial charge in [-0.15, -0.1) is 0 Å². The van der Waals surface area contributed by atoms with Gasteiger partial charge in [0, 0.05) is 10.0 Å². The third-order valence-corrected chi connectivity index (χ3v) is 2.90. The lowest BCUT2D eigenvalue weighted by Crippen LogP contribution is -2.28. The quantitative estimate of drug-likeness (QED) is 0.672. The molecular weight excluding hydrogens is 268 g/mol. The maximum absolute atomic E-state index is 5.59. The summed E-state index contributed by atoms with van der Waals surface area (Å²) in [7, 11) is 0. The van der Waals surface area contributed by atoms with Crippen LogP contribution in [0.3, 0.4) is 0 Å². The van der Waals surface area contributed by atoms with Crippen LogP contribution in [0.2, 0.25) is 0 Å². The van der Waals surface area contributed by atoms with E-state index in [-0.39, 0.29) is 6.04 Å². The standard InChI is InChI=1S/C12H13BrN2O/c1-8-4-10(6-11(13)5-8)12(15-14)9-2-3-16-7-9/h2-7,12,15H,14H2,1H3. The number of hydrazine groups is 1. The van der Waals surface area contributed by atoms with E-state index in [9.17, 15) is 0 Å². The highest BCUT2D eigenvalue weighted by atomic mass is 79.9. The van der Waals surface area contributed by atoms with Gasteiger partial charge in [0.05, 0.1) is 18.6 Å². The van der Waals surface area contributed by atoms with Crippen LogP contribution in [0, 0.1) is 6.92 Å². The SMILES string of the molecule is Cc1cc(Br)cc(C(NN)c2ccoc2)c1. The van der Waals surface area contributed by atoms with E-state index in [0.717, 1.165) is 15.6 Å². The van der Waals surface area contributed by atoms with Crippen molar-refractivity contribution in [2.45, 2.75) is 13.0 Å². The molecule has 0 bridgehead atoms. The van der Waals surface area contributed by atoms with Crippen molar-refractivity contribution in [2.24, 2.45) is 5.84 Å². The first-order valence-corrected chi connectivity index (χ1v) is 5.75. The minimum Gasteiger partial charge on any atom is -0.472 e. The Kier molecular flexibility index (Phi) is 3.43. The first kappa shape index (κ1) is 11.4. The summed E-state index contributed by atoms with van der Waals surface area (Å²) in [5.74, 6) is 5.59. The fourth-order valence-electron chi connectivity index (χ4n) is 1.76. The second-order valence-corrected chi connectivity index (χ2v) is 4.63. The lowest BCUT2D eigenvalue weighted by atomic mass is 10.0. The maximum atomic E-state index is 5.59. The molecule has 84 valence electrons. The minimum atomic E-state index is -0.0463. The summed E-state index contributed by atoms with van der Waals surface area (Å²) in [5, 5.41) is 0. The van der Waals surface area contributed by atoms with Crippen molar-refractivity contribution in [1.29, 1.82) is 0 Å². The molecule has 0 aliphatic carbocycles. The molecule has 0 radical (unpaired) electrons. The number of rotatable bonds is 3. The molecule has 1 unspecified atom stereocenters.